The standard InChI is InChI=1S/C12H15N3OS/c13-11-2-4-12(5-3-11)17(16)9-1-7-15-8-6-14-10-15/h2-6,8,10H,1,7,9,13H2. The van der Waals surface area contributed by atoms with Gasteiger partial charge in [0, 0.05) is 35.3 Å². The lowest BCUT2D eigenvalue weighted by Gasteiger charge is -2.03. The normalized spacial score (nSPS) is 12.5. The first-order valence-electron chi connectivity index (χ1n) is 5.45. The van der Waals surface area contributed by atoms with Crippen molar-refractivity contribution in [1.82, 2.24) is 9.55 Å². The van der Waals surface area contributed by atoms with Gasteiger partial charge in [-0.2, -0.15) is 0 Å². The van der Waals surface area contributed by atoms with Crippen LogP contribution in [-0.4, -0.2) is 19.5 Å². The zero-order valence-electron chi connectivity index (χ0n) is 9.45. The lowest BCUT2D eigenvalue weighted by atomic mass is 10.3. The average Bonchev–Trinajstić information content (AvgIpc) is 2.83. The van der Waals surface area contributed by atoms with Gasteiger partial charge in [-0.3, -0.25) is 4.21 Å². The fourth-order valence-corrected chi connectivity index (χ4v) is 2.60. The topological polar surface area (TPSA) is 60.9 Å². The van der Waals surface area contributed by atoms with E-state index in [2.05, 4.69) is 4.98 Å². The van der Waals surface area contributed by atoms with Gasteiger partial charge in [-0.05, 0) is 30.7 Å². The van der Waals surface area contributed by atoms with Gasteiger partial charge in [0.05, 0.1) is 17.1 Å². The van der Waals surface area contributed by atoms with Crippen LogP contribution in [0.2, 0.25) is 0 Å². The van der Waals surface area contributed by atoms with Gasteiger partial charge in [-0.1, -0.05) is 0 Å². The van der Waals surface area contributed by atoms with Crippen LogP contribution in [0.15, 0.2) is 47.9 Å². The third-order valence-electron chi connectivity index (χ3n) is 2.45. The van der Waals surface area contributed by atoms with Gasteiger partial charge < -0.3 is 10.3 Å². The largest absolute Gasteiger partial charge is 0.399 e. The SMILES string of the molecule is Nc1ccc(S(=O)CCCn2ccnc2)cc1. The summed E-state index contributed by atoms with van der Waals surface area (Å²) in [5.74, 6) is 0.655. The lowest BCUT2D eigenvalue weighted by Crippen LogP contribution is -2.03. The van der Waals surface area contributed by atoms with Crippen molar-refractivity contribution in [2.75, 3.05) is 11.5 Å². The van der Waals surface area contributed by atoms with Gasteiger partial charge in [0.2, 0.25) is 0 Å². The number of nitrogens with two attached hydrogens (primary N) is 1. The molecule has 2 N–H and O–H groups in total. The zero-order chi connectivity index (χ0) is 12.1. The molecule has 4 nitrogen and oxygen atoms in total. The number of nitrogens with zero attached hydrogens (tertiary/aromatic N) is 2. The average molecular weight is 249 g/mol. The van der Waals surface area contributed by atoms with Crippen molar-refractivity contribution in [2.24, 2.45) is 0 Å². The second kappa shape index (κ2) is 5.63. The van der Waals surface area contributed by atoms with E-state index in [-0.39, 0.29) is 0 Å². The summed E-state index contributed by atoms with van der Waals surface area (Å²) in [5.41, 5.74) is 6.28. The van der Waals surface area contributed by atoms with Crippen molar-refractivity contribution in [2.45, 2.75) is 17.9 Å². The second-order valence-corrected chi connectivity index (χ2v) is 5.34. The van der Waals surface area contributed by atoms with Crippen LogP contribution in [0.25, 0.3) is 0 Å². The highest BCUT2D eigenvalue weighted by molar-refractivity contribution is 7.85. The van der Waals surface area contributed by atoms with Gasteiger partial charge >= 0.3 is 0 Å². The molecule has 0 fully saturated rings. The molecular weight excluding hydrogens is 234 g/mol. The predicted molar refractivity (Wildman–Crippen MR) is 69.0 cm³/mol. The highest BCUT2D eigenvalue weighted by Crippen LogP contribution is 2.11. The van der Waals surface area contributed by atoms with E-state index in [1.165, 1.54) is 0 Å². The summed E-state index contributed by atoms with van der Waals surface area (Å²) >= 11 is 0. The van der Waals surface area contributed by atoms with Crippen molar-refractivity contribution in [3.63, 3.8) is 0 Å². The van der Waals surface area contributed by atoms with Gasteiger partial charge in [0.1, 0.15) is 0 Å². The number of imidazole rings is 1. The summed E-state index contributed by atoms with van der Waals surface area (Å²) in [6, 6.07) is 7.21. The molecular formula is C12H15N3OS. The summed E-state index contributed by atoms with van der Waals surface area (Å²) in [4.78, 5) is 4.80. The molecule has 0 saturated carbocycles. The molecule has 1 aromatic heterocycles. The Bertz CT molecular complexity index is 479. The number of aryl methyl sites for hydroxylation is 1. The minimum Gasteiger partial charge on any atom is -0.399 e. The molecule has 90 valence electrons. The summed E-state index contributed by atoms with van der Waals surface area (Å²) in [6.07, 6.45) is 6.29. The van der Waals surface area contributed by atoms with Crippen LogP contribution >= 0.6 is 0 Å². The zero-order valence-corrected chi connectivity index (χ0v) is 10.3. The Morgan fingerprint density at radius 1 is 1.29 bits per heavy atom. The third-order valence-corrected chi connectivity index (χ3v) is 3.91. The van der Waals surface area contributed by atoms with Gasteiger partial charge in [0.25, 0.3) is 0 Å². The Labute approximate surface area is 103 Å². The highest BCUT2D eigenvalue weighted by Gasteiger charge is 2.03. The minimum absolute atomic E-state index is 0.655. The fraction of sp³-hybridized carbons (Fsp3) is 0.250. The Kier molecular flexibility index (Phi) is 3.93. The van der Waals surface area contributed by atoms with Crippen LogP contribution < -0.4 is 5.73 Å². The van der Waals surface area contributed by atoms with Crippen molar-refractivity contribution in [1.29, 1.82) is 0 Å². The van der Waals surface area contributed by atoms with E-state index < -0.39 is 10.8 Å². The molecule has 0 aliphatic rings. The summed E-state index contributed by atoms with van der Waals surface area (Å²) < 4.78 is 13.9. The molecule has 2 aromatic rings. The summed E-state index contributed by atoms with van der Waals surface area (Å²) in [5, 5.41) is 0. The molecule has 1 atom stereocenters. The predicted octanol–water partition coefficient (Wildman–Crippen LogP) is 1.66. The van der Waals surface area contributed by atoms with E-state index in [0.29, 0.717) is 11.4 Å². The first-order valence-corrected chi connectivity index (χ1v) is 6.77. The quantitative estimate of drug-likeness (QED) is 0.820. The summed E-state index contributed by atoms with van der Waals surface area (Å²) in [7, 11) is -0.942. The molecule has 0 bridgehead atoms. The second-order valence-electron chi connectivity index (χ2n) is 3.77. The fourth-order valence-electron chi connectivity index (χ4n) is 1.53. The van der Waals surface area contributed by atoms with Crippen LogP contribution in [0.4, 0.5) is 5.69 Å². The monoisotopic (exact) mass is 249 g/mol. The van der Waals surface area contributed by atoms with E-state index in [0.717, 1.165) is 17.9 Å². The smallest absolute Gasteiger partial charge is 0.0945 e. The third kappa shape index (κ3) is 3.42. The Morgan fingerprint density at radius 2 is 2.06 bits per heavy atom. The van der Waals surface area contributed by atoms with Gasteiger partial charge in [-0.15, -0.1) is 0 Å². The number of rotatable bonds is 5. The number of hydrogen-bond donors (Lipinski definition) is 1. The maximum Gasteiger partial charge on any atom is 0.0945 e. The van der Waals surface area contributed by atoms with Crippen molar-refractivity contribution < 1.29 is 4.21 Å². The van der Waals surface area contributed by atoms with Crippen LogP contribution in [0.3, 0.4) is 0 Å². The minimum atomic E-state index is -0.942. The number of nitrogen functional groups attached to an aromatic ring is 1. The van der Waals surface area contributed by atoms with Crippen molar-refractivity contribution in [3.8, 4) is 0 Å². The lowest BCUT2D eigenvalue weighted by molar-refractivity contribution is 0.658. The maximum absolute atomic E-state index is 11.9. The first kappa shape index (κ1) is 11.9. The van der Waals surface area contributed by atoms with Crippen LogP contribution in [-0.2, 0) is 17.3 Å². The van der Waals surface area contributed by atoms with E-state index in [1.807, 2.05) is 22.9 Å². The number of benzene rings is 1. The van der Waals surface area contributed by atoms with Crippen LogP contribution in [0.1, 0.15) is 6.42 Å². The van der Waals surface area contributed by atoms with E-state index >= 15 is 0 Å². The Morgan fingerprint density at radius 3 is 2.71 bits per heavy atom. The highest BCUT2D eigenvalue weighted by atomic mass is 32.2. The molecule has 0 amide bonds. The molecule has 0 saturated heterocycles. The van der Waals surface area contributed by atoms with Gasteiger partial charge in [0.15, 0.2) is 0 Å². The first-order chi connectivity index (χ1) is 8.25. The van der Waals surface area contributed by atoms with Crippen molar-refractivity contribution >= 4 is 16.5 Å². The molecule has 5 heteroatoms. The van der Waals surface area contributed by atoms with Gasteiger partial charge in [-0.25, -0.2) is 4.98 Å². The number of anilines is 1. The molecule has 1 unspecified atom stereocenters. The molecule has 0 radical (unpaired) electrons. The van der Waals surface area contributed by atoms with E-state index in [1.54, 1.807) is 24.7 Å². The molecule has 2 rings (SSSR count). The number of hydrogen-bond acceptors (Lipinski definition) is 3. The van der Waals surface area contributed by atoms with Crippen molar-refractivity contribution in [3.05, 3.63) is 43.0 Å². The number of aromatic nitrogens is 2. The molecule has 17 heavy (non-hydrogen) atoms. The van der Waals surface area contributed by atoms with Crippen LogP contribution in [0.5, 0.6) is 0 Å². The van der Waals surface area contributed by atoms with E-state index in [4.69, 9.17) is 5.73 Å². The molecule has 0 aliphatic heterocycles. The van der Waals surface area contributed by atoms with Crippen LogP contribution in [0, 0.1) is 0 Å². The maximum atomic E-state index is 11.9. The molecule has 1 aromatic carbocycles. The Hall–Kier alpha value is -1.62. The Balaban J connectivity index is 1.83. The molecule has 0 spiro atoms. The molecule has 1 heterocycles. The van der Waals surface area contributed by atoms with E-state index in [9.17, 15) is 4.21 Å². The molecule has 0 aliphatic carbocycles. The summed E-state index contributed by atoms with van der Waals surface area (Å²) in [6.45, 7) is 0.848.